The predicted octanol–water partition coefficient (Wildman–Crippen LogP) is 3.85. The molecule has 0 aliphatic heterocycles. The van der Waals surface area contributed by atoms with Gasteiger partial charge in [0.15, 0.2) is 5.16 Å². The van der Waals surface area contributed by atoms with Crippen molar-refractivity contribution in [2.24, 2.45) is 5.92 Å². The van der Waals surface area contributed by atoms with Crippen molar-refractivity contribution < 1.29 is 9.90 Å². The molecule has 1 N–H and O–H groups in total. The van der Waals surface area contributed by atoms with Gasteiger partial charge in [0, 0.05) is 5.22 Å². The molecule has 1 unspecified atom stereocenters. The molecule has 0 amide bonds. The predicted molar refractivity (Wildman–Crippen MR) is 115 cm³/mol. The molecule has 0 spiro atoms. The first-order valence-electron chi connectivity index (χ1n) is 9.71. The van der Waals surface area contributed by atoms with Crippen LogP contribution in [0.25, 0.3) is 17.8 Å². The van der Waals surface area contributed by atoms with Crippen molar-refractivity contribution in [1.82, 2.24) is 14.8 Å². The number of hydrogen-bond donors (Lipinski definition) is 1. The average molecular weight is 462 g/mol. The Bertz CT molecular complexity index is 1060. The number of rotatable bonds is 5. The fourth-order valence-corrected chi connectivity index (χ4v) is 5.80. The Kier molecular flexibility index (Phi) is 5.16. The number of aliphatic carboxylic acids is 1. The van der Waals surface area contributed by atoms with Gasteiger partial charge < -0.3 is 5.11 Å². The molecule has 0 radical (unpaired) electrons. The number of carboxylic acids is 1. The summed E-state index contributed by atoms with van der Waals surface area (Å²) >= 11 is 4.86. The molecule has 5 nitrogen and oxygen atoms in total. The zero-order chi connectivity index (χ0) is 20.1. The van der Waals surface area contributed by atoms with Gasteiger partial charge in [-0.05, 0) is 70.3 Å². The van der Waals surface area contributed by atoms with Crippen LogP contribution < -0.4 is 10.4 Å². The normalized spacial score (nSPS) is 20.1. The Morgan fingerprint density at radius 2 is 2.07 bits per heavy atom. The van der Waals surface area contributed by atoms with Crippen molar-refractivity contribution in [1.29, 1.82) is 0 Å². The van der Waals surface area contributed by atoms with Crippen LogP contribution in [0.2, 0.25) is 0 Å². The summed E-state index contributed by atoms with van der Waals surface area (Å²) in [7, 11) is 0. The number of aromatic nitrogens is 3. The van der Waals surface area contributed by atoms with Crippen LogP contribution in [0.5, 0.6) is 0 Å². The Balaban J connectivity index is 1.89. The molecule has 2 aromatic rings. The van der Waals surface area contributed by atoms with E-state index in [2.05, 4.69) is 71.2 Å². The third-order valence-corrected chi connectivity index (χ3v) is 7.67. The molecule has 148 valence electrons. The highest BCUT2D eigenvalue weighted by atomic mass is 79.9. The fraction of sp³-hybridized carbons (Fsp3) is 0.476. The molecule has 1 aromatic carbocycles. The number of fused-ring (bicyclic) bond motifs is 1. The molecule has 0 bridgehead atoms. The minimum atomic E-state index is -0.786. The van der Waals surface area contributed by atoms with Crippen molar-refractivity contribution in [3.63, 3.8) is 0 Å². The van der Waals surface area contributed by atoms with E-state index in [9.17, 15) is 9.90 Å². The zero-order valence-corrected chi connectivity index (χ0v) is 18.7. The van der Waals surface area contributed by atoms with E-state index in [0.29, 0.717) is 34.6 Å². The SMILES string of the molecule is CC1C=c2c(-n3c(Br)nnc3SC3(C(=O)O)CCC3)ccc(C(C)C)c2=CC1. The first-order chi connectivity index (χ1) is 13.3. The van der Waals surface area contributed by atoms with Crippen molar-refractivity contribution in [2.45, 2.75) is 62.3 Å². The van der Waals surface area contributed by atoms with Crippen molar-refractivity contribution in [3.8, 4) is 5.69 Å². The molecule has 2 aliphatic carbocycles. The van der Waals surface area contributed by atoms with E-state index in [1.54, 1.807) is 0 Å². The Morgan fingerprint density at radius 1 is 1.32 bits per heavy atom. The van der Waals surface area contributed by atoms with Crippen LogP contribution in [0.1, 0.15) is 57.9 Å². The second-order valence-corrected chi connectivity index (χ2v) is 10.1. The molecule has 1 aromatic heterocycles. The maximum atomic E-state index is 11.9. The standard InChI is InChI=1S/C21H24BrN3O2S/c1-12(2)14-7-8-17(16-11-13(3)5-6-15(14)16)25-19(22)23-24-20(25)28-21(18(26)27)9-4-10-21/h6-8,11-13H,4-5,9-10H2,1-3H3,(H,26,27). The summed E-state index contributed by atoms with van der Waals surface area (Å²) in [6.07, 6.45) is 7.94. The molecule has 1 fully saturated rings. The first kappa shape index (κ1) is 19.7. The van der Waals surface area contributed by atoms with E-state index in [4.69, 9.17) is 0 Å². The molecule has 1 atom stereocenters. The quantitative estimate of drug-likeness (QED) is 0.731. The van der Waals surface area contributed by atoms with Crippen LogP contribution in [0, 0.1) is 5.92 Å². The smallest absolute Gasteiger partial charge is 0.320 e. The number of carboxylic acid groups (broad SMARTS) is 1. The number of benzene rings is 1. The highest BCUT2D eigenvalue weighted by Gasteiger charge is 2.47. The van der Waals surface area contributed by atoms with Gasteiger partial charge in [0.25, 0.3) is 0 Å². The molecule has 4 rings (SSSR count). The summed E-state index contributed by atoms with van der Waals surface area (Å²) in [6.45, 7) is 6.64. The molecule has 0 saturated heterocycles. The van der Waals surface area contributed by atoms with Gasteiger partial charge in [0.05, 0.1) is 5.69 Å². The number of thioether (sulfide) groups is 1. The lowest BCUT2D eigenvalue weighted by Crippen LogP contribution is -2.42. The topological polar surface area (TPSA) is 68.0 Å². The summed E-state index contributed by atoms with van der Waals surface area (Å²) in [6, 6.07) is 4.29. The second kappa shape index (κ2) is 7.34. The molecular weight excluding hydrogens is 438 g/mol. The molecule has 2 aliphatic rings. The van der Waals surface area contributed by atoms with Gasteiger partial charge in [-0.3, -0.25) is 9.36 Å². The van der Waals surface area contributed by atoms with Crippen molar-refractivity contribution in [3.05, 3.63) is 32.9 Å². The van der Waals surface area contributed by atoms with Gasteiger partial charge in [0.2, 0.25) is 4.73 Å². The zero-order valence-electron chi connectivity index (χ0n) is 16.3. The lowest BCUT2D eigenvalue weighted by Gasteiger charge is -2.36. The van der Waals surface area contributed by atoms with Crippen LogP contribution in [0.4, 0.5) is 0 Å². The Labute approximate surface area is 177 Å². The number of hydrogen-bond acceptors (Lipinski definition) is 4. The summed E-state index contributed by atoms with van der Waals surface area (Å²) in [4.78, 5) is 11.9. The third-order valence-electron chi connectivity index (χ3n) is 5.74. The van der Waals surface area contributed by atoms with Gasteiger partial charge in [0.1, 0.15) is 4.75 Å². The van der Waals surface area contributed by atoms with Gasteiger partial charge in [-0.25, -0.2) is 0 Å². The van der Waals surface area contributed by atoms with Crippen LogP contribution in [0.15, 0.2) is 22.0 Å². The monoisotopic (exact) mass is 461 g/mol. The maximum Gasteiger partial charge on any atom is 0.320 e. The second-order valence-electron chi connectivity index (χ2n) is 8.08. The van der Waals surface area contributed by atoms with Crippen LogP contribution in [-0.2, 0) is 4.79 Å². The fourth-order valence-electron chi connectivity index (χ4n) is 3.95. The Hall–Kier alpha value is -1.60. The van der Waals surface area contributed by atoms with Gasteiger partial charge >= 0.3 is 5.97 Å². The van der Waals surface area contributed by atoms with Crippen molar-refractivity contribution in [2.75, 3.05) is 0 Å². The summed E-state index contributed by atoms with van der Waals surface area (Å²) in [5.74, 6) is 0.126. The van der Waals surface area contributed by atoms with Gasteiger partial charge in [-0.15, -0.1) is 10.2 Å². The number of nitrogens with zero attached hydrogens (tertiary/aromatic N) is 3. The number of carbonyl (C=O) groups is 1. The van der Waals surface area contributed by atoms with E-state index in [1.807, 2.05) is 4.57 Å². The van der Waals surface area contributed by atoms with Crippen LogP contribution >= 0.6 is 27.7 Å². The summed E-state index contributed by atoms with van der Waals surface area (Å²) < 4.78 is 1.77. The van der Waals surface area contributed by atoms with E-state index in [-0.39, 0.29) is 0 Å². The highest BCUT2D eigenvalue weighted by Crippen LogP contribution is 2.47. The maximum absolute atomic E-state index is 11.9. The van der Waals surface area contributed by atoms with E-state index >= 15 is 0 Å². The first-order valence-corrected chi connectivity index (χ1v) is 11.3. The molecular formula is C21H24BrN3O2S. The van der Waals surface area contributed by atoms with E-state index in [1.165, 1.54) is 27.8 Å². The number of halogens is 1. The minimum absolute atomic E-state index is 0.435. The van der Waals surface area contributed by atoms with E-state index < -0.39 is 10.7 Å². The summed E-state index contributed by atoms with van der Waals surface area (Å²) in [5.41, 5.74) is 2.34. The van der Waals surface area contributed by atoms with Crippen LogP contribution in [-0.4, -0.2) is 30.6 Å². The largest absolute Gasteiger partial charge is 0.480 e. The van der Waals surface area contributed by atoms with Crippen molar-refractivity contribution >= 4 is 45.8 Å². The lowest BCUT2D eigenvalue weighted by molar-refractivity contribution is -0.142. The highest BCUT2D eigenvalue weighted by molar-refractivity contribution is 9.10. The third kappa shape index (κ3) is 3.22. The summed E-state index contributed by atoms with van der Waals surface area (Å²) in [5, 5.41) is 21.3. The van der Waals surface area contributed by atoms with Gasteiger partial charge in [-0.1, -0.05) is 50.8 Å². The van der Waals surface area contributed by atoms with Gasteiger partial charge in [-0.2, -0.15) is 0 Å². The molecule has 28 heavy (non-hydrogen) atoms. The molecule has 1 heterocycles. The lowest BCUT2D eigenvalue weighted by atomic mass is 9.84. The minimum Gasteiger partial charge on any atom is -0.480 e. The Morgan fingerprint density at radius 3 is 2.68 bits per heavy atom. The molecule has 7 heteroatoms. The average Bonchev–Trinajstić information content (AvgIpc) is 2.96. The molecule has 1 saturated carbocycles. The van der Waals surface area contributed by atoms with Crippen LogP contribution in [0.3, 0.4) is 0 Å². The van der Waals surface area contributed by atoms with E-state index in [0.717, 1.165) is 18.5 Å².